The molecule has 22 heavy (non-hydrogen) atoms. The highest BCUT2D eigenvalue weighted by Gasteiger charge is 2.37. The highest BCUT2D eigenvalue weighted by molar-refractivity contribution is 6.28. The molecule has 1 heterocycles. The number of rotatable bonds is 5. The van der Waals surface area contributed by atoms with Crippen LogP contribution in [0.4, 0.5) is 10.2 Å². The Kier molecular flexibility index (Phi) is 5.52. The van der Waals surface area contributed by atoms with E-state index in [0.717, 1.165) is 12.6 Å². The van der Waals surface area contributed by atoms with Crippen molar-refractivity contribution in [1.29, 1.82) is 0 Å². The lowest BCUT2D eigenvalue weighted by molar-refractivity contribution is -0.150. The molecule has 1 aliphatic carbocycles. The molecule has 2 atom stereocenters. The van der Waals surface area contributed by atoms with Crippen LogP contribution in [0, 0.1) is 5.82 Å². The lowest BCUT2D eigenvalue weighted by Gasteiger charge is -2.36. The number of halogens is 2. The number of ether oxygens (including phenoxy) is 1. The summed E-state index contributed by atoms with van der Waals surface area (Å²) in [6, 6.07) is -0.200. The van der Waals surface area contributed by atoms with Crippen LogP contribution in [0.3, 0.4) is 0 Å². The predicted octanol–water partition coefficient (Wildman–Crippen LogP) is 2.31. The van der Waals surface area contributed by atoms with E-state index >= 15 is 0 Å². The molecule has 0 radical (unpaired) electrons. The van der Waals surface area contributed by atoms with Gasteiger partial charge in [-0.3, -0.25) is 4.79 Å². The van der Waals surface area contributed by atoms with Crippen molar-refractivity contribution in [3.8, 4) is 0 Å². The van der Waals surface area contributed by atoms with E-state index in [4.69, 9.17) is 16.3 Å². The topological polar surface area (TPSA) is 84.3 Å². The molecule has 1 aromatic rings. The lowest BCUT2D eigenvalue weighted by Crippen LogP contribution is -2.42. The Balaban J connectivity index is 2.01. The van der Waals surface area contributed by atoms with E-state index in [-0.39, 0.29) is 30.2 Å². The zero-order chi connectivity index (χ0) is 16.2. The van der Waals surface area contributed by atoms with Gasteiger partial charge in [-0.1, -0.05) is 0 Å². The summed E-state index contributed by atoms with van der Waals surface area (Å²) in [6.07, 6.45) is 3.21. The molecular formula is C14H19ClFN3O3. The van der Waals surface area contributed by atoms with E-state index in [1.165, 1.54) is 0 Å². The van der Waals surface area contributed by atoms with Gasteiger partial charge < -0.3 is 15.2 Å². The number of nitrogens with one attached hydrogen (secondary N) is 1. The normalized spacial score (nSPS) is 24.8. The standard InChI is InChI=1S/C14H19ClFN3O3/c1-2-22-11(20)7-14(21)5-3-4-9(6-14)18-12-10(16)8-17-13(15)19-12/h8-9,21H,2-7H2,1H3,(H,17,18,19). The van der Waals surface area contributed by atoms with Gasteiger partial charge in [0.2, 0.25) is 5.28 Å². The number of aliphatic hydroxyl groups is 1. The number of aromatic nitrogens is 2. The van der Waals surface area contributed by atoms with Crippen molar-refractivity contribution in [2.75, 3.05) is 11.9 Å². The fourth-order valence-electron chi connectivity index (χ4n) is 2.74. The van der Waals surface area contributed by atoms with Gasteiger partial charge in [0.1, 0.15) is 0 Å². The molecule has 1 fully saturated rings. The summed E-state index contributed by atoms with van der Waals surface area (Å²) >= 11 is 5.65. The van der Waals surface area contributed by atoms with Gasteiger partial charge in [-0.25, -0.2) is 9.37 Å². The van der Waals surface area contributed by atoms with Crippen molar-refractivity contribution in [3.05, 3.63) is 17.3 Å². The summed E-state index contributed by atoms with van der Waals surface area (Å²) < 4.78 is 18.5. The highest BCUT2D eigenvalue weighted by atomic mass is 35.5. The van der Waals surface area contributed by atoms with E-state index in [1.54, 1.807) is 6.92 Å². The third-order valence-electron chi connectivity index (χ3n) is 3.66. The number of esters is 1. The van der Waals surface area contributed by atoms with E-state index in [2.05, 4.69) is 15.3 Å². The second-order valence-corrected chi connectivity index (χ2v) is 5.82. The predicted molar refractivity (Wildman–Crippen MR) is 79.1 cm³/mol. The SMILES string of the molecule is CCOC(=O)CC1(O)CCCC(Nc2nc(Cl)ncc2F)C1. The molecular weight excluding hydrogens is 313 g/mol. The zero-order valence-corrected chi connectivity index (χ0v) is 13.1. The maximum Gasteiger partial charge on any atom is 0.308 e. The molecule has 0 aromatic carbocycles. The van der Waals surface area contributed by atoms with Gasteiger partial charge in [-0.2, -0.15) is 4.98 Å². The van der Waals surface area contributed by atoms with Crippen LogP contribution < -0.4 is 5.32 Å². The fraction of sp³-hybridized carbons (Fsp3) is 0.643. The van der Waals surface area contributed by atoms with Crippen molar-refractivity contribution in [2.24, 2.45) is 0 Å². The first-order valence-corrected chi connectivity index (χ1v) is 7.62. The summed E-state index contributed by atoms with van der Waals surface area (Å²) in [7, 11) is 0. The van der Waals surface area contributed by atoms with Crippen LogP contribution >= 0.6 is 11.6 Å². The highest BCUT2D eigenvalue weighted by Crippen LogP contribution is 2.33. The Bertz CT molecular complexity index is 546. The van der Waals surface area contributed by atoms with Crippen LogP contribution in [0.5, 0.6) is 0 Å². The fourth-order valence-corrected chi connectivity index (χ4v) is 2.88. The van der Waals surface area contributed by atoms with Gasteiger partial charge in [-0.05, 0) is 44.2 Å². The first-order valence-electron chi connectivity index (χ1n) is 7.24. The largest absolute Gasteiger partial charge is 0.466 e. The summed E-state index contributed by atoms with van der Waals surface area (Å²) in [5.74, 6) is -1.03. The first kappa shape index (κ1) is 16.9. The number of carbonyl (C=O) groups excluding carboxylic acids is 1. The Labute approximate surface area is 133 Å². The summed E-state index contributed by atoms with van der Waals surface area (Å²) in [5, 5.41) is 13.4. The first-order chi connectivity index (χ1) is 10.4. The molecule has 2 N–H and O–H groups in total. The van der Waals surface area contributed by atoms with Crippen LogP contribution in [-0.4, -0.2) is 39.3 Å². The third kappa shape index (κ3) is 4.51. The number of carbonyl (C=O) groups is 1. The number of nitrogens with zero attached hydrogens (tertiary/aromatic N) is 2. The van der Waals surface area contributed by atoms with Crippen molar-refractivity contribution in [1.82, 2.24) is 9.97 Å². The minimum absolute atomic E-state index is 0.00499. The molecule has 0 saturated heterocycles. The molecule has 1 aliphatic rings. The maximum absolute atomic E-state index is 13.6. The van der Waals surface area contributed by atoms with Crippen LogP contribution in [0.1, 0.15) is 39.0 Å². The van der Waals surface area contributed by atoms with Crippen molar-refractivity contribution in [3.63, 3.8) is 0 Å². The summed E-state index contributed by atoms with van der Waals surface area (Å²) in [5.41, 5.74) is -1.14. The van der Waals surface area contributed by atoms with E-state index in [1.807, 2.05) is 0 Å². The Morgan fingerprint density at radius 1 is 1.68 bits per heavy atom. The molecule has 122 valence electrons. The molecule has 6 nitrogen and oxygen atoms in total. The van der Waals surface area contributed by atoms with Crippen LogP contribution in [0.2, 0.25) is 5.28 Å². The minimum atomic E-state index is -1.14. The van der Waals surface area contributed by atoms with Crippen LogP contribution in [0.15, 0.2) is 6.20 Å². The monoisotopic (exact) mass is 331 g/mol. The average molecular weight is 332 g/mol. The van der Waals surface area contributed by atoms with Gasteiger partial charge in [0.25, 0.3) is 0 Å². The van der Waals surface area contributed by atoms with E-state index in [0.29, 0.717) is 19.3 Å². The van der Waals surface area contributed by atoms with Gasteiger partial charge in [0.05, 0.1) is 24.8 Å². The molecule has 2 rings (SSSR count). The van der Waals surface area contributed by atoms with E-state index < -0.39 is 17.4 Å². The molecule has 8 heteroatoms. The second-order valence-electron chi connectivity index (χ2n) is 5.48. The summed E-state index contributed by atoms with van der Waals surface area (Å²) in [6.45, 7) is 2.00. The quantitative estimate of drug-likeness (QED) is 0.636. The minimum Gasteiger partial charge on any atom is -0.466 e. The average Bonchev–Trinajstić information content (AvgIpc) is 2.42. The lowest BCUT2D eigenvalue weighted by atomic mass is 9.79. The number of anilines is 1. The Hall–Kier alpha value is -1.47. The van der Waals surface area contributed by atoms with Crippen molar-refractivity contribution in [2.45, 2.75) is 50.7 Å². The van der Waals surface area contributed by atoms with Gasteiger partial charge in [-0.15, -0.1) is 0 Å². The molecule has 1 aromatic heterocycles. The maximum atomic E-state index is 13.6. The number of hydrogen-bond donors (Lipinski definition) is 2. The molecule has 2 unspecified atom stereocenters. The zero-order valence-electron chi connectivity index (χ0n) is 12.3. The van der Waals surface area contributed by atoms with Crippen molar-refractivity contribution < 1.29 is 19.0 Å². The number of hydrogen-bond acceptors (Lipinski definition) is 6. The van der Waals surface area contributed by atoms with Gasteiger partial charge >= 0.3 is 5.97 Å². The Morgan fingerprint density at radius 2 is 2.45 bits per heavy atom. The molecule has 0 amide bonds. The summed E-state index contributed by atoms with van der Waals surface area (Å²) in [4.78, 5) is 18.9. The second kappa shape index (κ2) is 7.19. The van der Waals surface area contributed by atoms with E-state index in [9.17, 15) is 14.3 Å². The van der Waals surface area contributed by atoms with Crippen molar-refractivity contribution >= 4 is 23.4 Å². The van der Waals surface area contributed by atoms with Gasteiger partial charge in [0, 0.05) is 6.04 Å². The van der Waals surface area contributed by atoms with Crippen LogP contribution in [-0.2, 0) is 9.53 Å². The molecule has 0 spiro atoms. The van der Waals surface area contributed by atoms with Crippen LogP contribution in [0.25, 0.3) is 0 Å². The van der Waals surface area contributed by atoms with Gasteiger partial charge in [0.15, 0.2) is 11.6 Å². The third-order valence-corrected chi connectivity index (χ3v) is 3.84. The Morgan fingerprint density at radius 3 is 3.18 bits per heavy atom. The molecule has 0 bridgehead atoms. The smallest absolute Gasteiger partial charge is 0.308 e. The molecule has 1 saturated carbocycles. The molecule has 0 aliphatic heterocycles.